The molecule has 0 saturated heterocycles. The standard InChI is InChI=1S/C12H13NSe/c1-2-3-7-12(10-13)14-11-8-5-4-6-9-11/h4-9H,2-3H2,1H3/b12-7+. The van der Waals surface area contributed by atoms with E-state index in [1.54, 1.807) is 0 Å². The van der Waals surface area contributed by atoms with Gasteiger partial charge >= 0.3 is 91.4 Å². The molecule has 0 aromatic heterocycles. The molecule has 14 heavy (non-hydrogen) atoms. The van der Waals surface area contributed by atoms with E-state index in [0.29, 0.717) is 0 Å². The van der Waals surface area contributed by atoms with Crippen LogP contribution in [0.3, 0.4) is 0 Å². The Kier molecular flexibility index (Phi) is 5.07. The average molecular weight is 250 g/mol. The summed E-state index contributed by atoms with van der Waals surface area (Å²) in [5.74, 6) is 0. The van der Waals surface area contributed by atoms with Gasteiger partial charge in [0.15, 0.2) is 0 Å². The van der Waals surface area contributed by atoms with E-state index >= 15 is 0 Å². The summed E-state index contributed by atoms with van der Waals surface area (Å²) in [5.41, 5.74) is 0. The van der Waals surface area contributed by atoms with Crippen molar-refractivity contribution in [2.24, 2.45) is 0 Å². The Morgan fingerprint density at radius 2 is 2.14 bits per heavy atom. The van der Waals surface area contributed by atoms with Gasteiger partial charge in [0.2, 0.25) is 0 Å². The van der Waals surface area contributed by atoms with Gasteiger partial charge in [-0.3, -0.25) is 0 Å². The van der Waals surface area contributed by atoms with Gasteiger partial charge in [-0.05, 0) is 0 Å². The van der Waals surface area contributed by atoms with E-state index in [2.05, 4.69) is 31.2 Å². The van der Waals surface area contributed by atoms with Gasteiger partial charge < -0.3 is 0 Å². The zero-order valence-corrected chi connectivity index (χ0v) is 9.95. The SMILES string of the molecule is CCC/C=C(\C#N)[Se]c1ccccc1. The Labute approximate surface area is 91.6 Å². The normalized spacial score (nSPS) is 11.0. The van der Waals surface area contributed by atoms with Crippen molar-refractivity contribution in [2.45, 2.75) is 19.8 Å². The maximum atomic E-state index is 8.91. The topological polar surface area (TPSA) is 23.8 Å². The number of benzene rings is 1. The minimum absolute atomic E-state index is 0.186. The second kappa shape index (κ2) is 6.43. The van der Waals surface area contributed by atoms with E-state index in [1.165, 1.54) is 4.46 Å². The first-order valence-electron chi connectivity index (χ1n) is 4.70. The molecule has 1 aromatic carbocycles. The predicted octanol–water partition coefficient (Wildman–Crippen LogP) is 2.22. The summed E-state index contributed by atoms with van der Waals surface area (Å²) >= 11 is 0.186. The van der Waals surface area contributed by atoms with Gasteiger partial charge in [0.25, 0.3) is 0 Å². The Bertz CT molecular complexity index is 335. The second-order valence-corrected chi connectivity index (χ2v) is 5.22. The fourth-order valence-electron chi connectivity index (χ4n) is 1.00. The number of unbranched alkanes of at least 4 members (excludes halogenated alkanes) is 1. The maximum absolute atomic E-state index is 8.91. The van der Waals surface area contributed by atoms with Crippen LogP contribution in [0.5, 0.6) is 0 Å². The third-order valence-corrected chi connectivity index (χ3v) is 3.77. The van der Waals surface area contributed by atoms with Gasteiger partial charge in [-0.1, -0.05) is 0 Å². The minimum atomic E-state index is 0.186. The molecule has 1 aromatic rings. The van der Waals surface area contributed by atoms with E-state index in [0.717, 1.165) is 17.3 Å². The van der Waals surface area contributed by atoms with Crippen molar-refractivity contribution < 1.29 is 0 Å². The molecule has 0 saturated carbocycles. The molecular weight excluding hydrogens is 237 g/mol. The second-order valence-electron chi connectivity index (χ2n) is 2.88. The summed E-state index contributed by atoms with van der Waals surface area (Å²) in [7, 11) is 0. The van der Waals surface area contributed by atoms with E-state index in [4.69, 9.17) is 5.26 Å². The third kappa shape index (κ3) is 3.79. The summed E-state index contributed by atoms with van der Waals surface area (Å²) in [4.78, 5) is 0. The van der Waals surface area contributed by atoms with Crippen LogP contribution >= 0.6 is 0 Å². The molecule has 0 atom stereocenters. The number of allylic oxidation sites excluding steroid dienone is 2. The molecule has 1 nitrogen and oxygen atoms in total. The van der Waals surface area contributed by atoms with Gasteiger partial charge in [-0.25, -0.2) is 0 Å². The van der Waals surface area contributed by atoms with Crippen molar-refractivity contribution in [3.05, 3.63) is 40.9 Å². The Morgan fingerprint density at radius 1 is 1.43 bits per heavy atom. The first kappa shape index (κ1) is 11.0. The summed E-state index contributed by atoms with van der Waals surface area (Å²) in [6.07, 6.45) is 4.18. The summed E-state index contributed by atoms with van der Waals surface area (Å²) in [6, 6.07) is 12.5. The molecule has 0 N–H and O–H groups in total. The third-order valence-electron chi connectivity index (χ3n) is 1.70. The Balaban J connectivity index is 2.63. The molecule has 0 bridgehead atoms. The molecule has 72 valence electrons. The van der Waals surface area contributed by atoms with Crippen molar-refractivity contribution >= 4 is 19.4 Å². The van der Waals surface area contributed by atoms with Crippen LogP contribution in [0.15, 0.2) is 40.9 Å². The average Bonchev–Trinajstić information content (AvgIpc) is 2.25. The van der Waals surface area contributed by atoms with Crippen molar-refractivity contribution in [2.75, 3.05) is 0 Å². The van der Waals surface area contributed by atoms with Crippen LogP contribution in [-0.4, -0.2) is 15.0 Å². The number of nitrogens with zero attached hydrogens (tertiary/aromatic N) is 1. The van der Waals surface area contributed by atoms with Crippen LogP contribution in [-0.2, 0) is 0 Å². The zero-order chi connectivity index (χ0) is 10.2. The summed E-state index contributed by atoms with van der Waals surface area (Å²) < 4.78 is 2.20. The monoisotopic (exact) mass is 251 g/mol. The molecule has 0 aliphatic heterocycles. The van der Waals surface area contributed by atoms with Crippen molar-refractivity contribution in [3.8, 4) is 6.07 Å². The molecule has 0 unspecified atom stereocenters. The Hall–Kier alpha value is -1.03. The molecular formula is C12H13NSe. The Morgan fingerprint density at radius 3 is 2.71 bits per heavy atom. The van der Waals surface area contributed by atoms with E-state index in [9.17, 15) is 0 Å². The first-order valence-corrected chi connectivity index (χ1v) is 6.41. The summed E-state index contributed by atoms with van der Waals surface area (Å²) in [5, 5.41) is 8.91. The summed E-state index contributed by atoms with van der Waals surface area (Å²) in [6.45, 7) is 2.13. The van der Waals surface area contributed by atoms with E-state index in [1.807, 2.05) is 18.2 Å². The molecule has 0 amide bonds. The van der Waals surface area contributed by atoms with Crippen LogP contribution in [0.25, 0.3) is 0 Å². The molecule has 0 fully saturated rings. The van der Waals surface area contributed by atoms with E-state index < -0.39 is 0 Å². The van der Waals surface area contributed by atoms with Gasteiger partial charge in [0.05, 0.1) is 0 Å². The fraction of sp³-hybridized carbons (Fsp3) is 0.250. The number of hydrogen-bond acceptors (Lipinski definition) is 1. The molecule has 2 heteroatoms. The first-order chi connectivity index (χ1) is 6.86. The van der Waals surface area contributed by atoms with Crippen molar-refractivity contribution in [1.82, 2.24) is 0 Å². The van der Waals surface area contributed by atoms with Crippen LogP contribution in [0.4, 0.5) is 0 Å². The van der Waals surface area contributed by atoms with E-state index in [-0.39, 0.29) is 15.0 Å². The van der Waals surface area contributed by atoms with Crippen molar-refractivity contribution in [3.63, 3.8) is 0 Å². The van der Waals surface area contributed by atoms with Crippen LogP contribution in [0.1, 0.15) is 19.8 Å². The quantitative estimate of drug-likeness (QED) is 0.593. The van der Waals surface area contributed by atoms with Gasteiger partial charge in [-0.15, -0.1) is 0 Å². The number of nitriles is 1. The van der Waals surface area contributed by atoms with Crippen LogP contribution in [0, 0.1) is 11.3 Å². The fourth-order valence-corrected chi connectivity index (χ4v) is 2.67. The molecule has 0 aliphatic carbocycles. The van der Waals surface area contributed by atoms with Crippen LogP contribution in [0.2, 0.25) is 0 Å². The van der Waals surface area contributed by atoms with Gasteiger partial charge in [0, 0.05) is 0 Å². The number of hydrogen-bond donors (Lipinski definition) is 0. The zero-order valence-electron chi connectivity index (χ0n) is 8.23. The molecule has 0 radical (unpaired) electrons. The predicted molar refractivity (Wildman–Crippen MR) is 60.4 cm³/mol. The molecule has 0 heterocycles. The number of rotatable bonds is 4. The molecule has 1 rings (SSSR count). The molecule has 0 spiro atoms. The van der Waals surface area contributed by atoms with Gasteiger partial charge in [0.1, 0.15) is 0 Å². The van der Waals surface area contributed by atoms with Crippen molar-refractivity contribution in [1.29, 1.82) is 5.26 Å². The molecule has 0 aliphatic rings. The van der Waals surface area contributed by atoms with Crippen LogP contribution < -0.4 is 4.46 Å². The van der Waals surface area contributed by atoms with Gasteiger partial charge in [-0.2, -0.15) is 0 Å².